The van der Waals surface area contributed by atoms with E-state index in [1.807, 2.05) is 46.8 Å². The van der Waals surface area contributed by atoms with Crippen LogP contribution in [0.25, 0.3) is 10.8 Å². The molecule has 31 heavy (non-hydrogen) atoms. The molecule has 8 heteroatoms. The molecule has 0 saturated carbocycles. The Kier molecular flexibility index (Phi) is 5.46. The van der Waals surface area contributed by atoms with Crippen molar-refractivity contribution in [3.05, 3.63) is 57.6 Å². The van der Waals surface area contributed by atoms with Crippen LogP contribution in [0.4, 0.5) is 0 Å². The van der Waals surface area contributed by atoms with Gasteiger partial charge in [-0.05, 0) is 56.4 Å². The summed E-state index contributed by atoms with van der Waals surface area (Å²) in [6, 6.07) is 7.47. The van der Waals surface area contributed by atoms with Crippen LogP contribution < -0.4 is 11.0 Å². The summed E-state index contributed by atoms with van der Waals surface area (Å²) in [7, 11) is 0. The standard InChI is InChI=1S/C23H26ClN6O/c1-16(27-19-7-8-26-30-12-9-25-22(19)30)20-15-17-5-4-6-18(24)21(17)23(31)29(20)14-13-28-10-2-3-11-28/h4-9,12,15-16,22,26H,2-3,10-11,13-14H2,1H3/q+1/t16-,22?/m0/s1. The van der Waals surface area contributed by atoms with Gasteiger partial charge < -0.3 is 9.47 Å². The number of fused-ring (bicyclic) bond motifs is 2. The molecule has 1 fully saturated rings. The average molecular weight is 438 g/mol. The molecule has 1 saturated heterocycles. The van der Waals surface area contributed by atoms with Gasteiger partial charge in [0.25, 0.3) is 5.56 Å². The first kappa shape index (κ1) is 20.2. The lowest BCUT2D eigenvalue weighted by molar-refractivity contribution is -0.588. The van der Waals surface area contributed by atoms with Gasteiger partial charge >= 0.3 is 6.17 Å². The minimum atomic E-state index is -0.204. The lowest BCUT2D eigenvalue weighted by Gasteiger charge is -2.22. The second-order valence-corrected chi connectivity index (χ2v) is 8.61. The largest absolute Gasteiger partial charge is 0.316 e. The van der Waals surface area contributed by atoms with Crippen LogP contribution in [-0.4, -0.2) is 58.1 Å². The summed E-state index contributed by atoms with van der Waals surface area (Å²) in [5.74, 6) is 0. The van der Waals surface area contributed by atoms with Crippen LogP contribution in [0.15, 0.2) is 51.3 Å². The zero-order chi connectivity index (χ0) is 21.4. The fourth-order valence-corrected chi connectivity index (χ4v) is 4.84. The normalized spacial score (nSPS) is 22.7. The van der Waals surface area contributed by atoms with E-state index in [1.165, 1.54) is 12.8 Å². The highest BCUT2D eigenvalue weighted by atomic mass is 35.5. The molecule has 2 aromatic rings. The number of nitrogens with zero attached hydrogens (tertiary/aromatic N) is 5. The summed E-state index contributed by atoms with van der Waals surface area (Å²) in [6.45, 7) is 5.71. The number of hydrogen-bond acceptors (Lipinski definition) is 5. The molecule has 1 unspecified atom stereocenters. The third-order valence-corrected chi connectivity index (χ3v) is 6.50. The number of hydrazone groups is 1. The molecule has 1 aromatic heterocycles. The molecule has 5 rings (SSSR count). The monoisotopic (exact) mass is 437 g/mol. The van der Waals surface area contributed by atoms with Crippen LogP contribution in [0, 0.1) is 0 Å². The van der Waals surface area contributed by atoms with Crippen molar-refractivity contribution in [2.75, 3.05) is 19.6 Å². The Bertz CT molecular complexity index is 1190. The van der Waals surface area contributed by atoms with Crippen molar-refractivity contribution in [3.8, 4) is 0 Å². The topological polar surface area (TPSA) is 65.0 Å². The number of rotatable bonds is 5. The van der Waals surface area contributed by atoms with Crippen molar-refractivity contribution >= 4 is 40.5 Å². The van der Waals surface area contributed by atoms with E-state index in [9.17, 15) is 4.79 Å². The van der Waals surface area contributed by atoms with Gasteiger partial charge in [0, 0.05) is 18.8 Å². The summed E-state index contributed by atoms with van der Waals surface area (Å²) in [5.41, 5.74) is 4.86. The Morgan fingerprint density at radius 1 is 1.32 bits per heavy atom. The van der Waals surface area contributed by atoms with Crippen molar-refractivity contribution in [2.24, 2.45) is 9.98 Å². The van der Waals surface area contributed by atoms with Crippen molar-refractivity contribution in [2.45, 2.75) is 38.5 Å². The molecule has 4 heterocycles. The molecule has 3 aliphatic rings. The maximum Gasteiger partial charge on any atom is 0.316 e. The van der Waals surface area contributed by atoms with Gasteiger partial charge in [-0.1, -0.05) is 28.4 Å². The lowest BCUT2D eigenvalue weighted by Crippen LogP contribution is -2.40. The first-order valence-electron chi connectivity index (χ1n) is 10.8. The molecule has 0 spiro atoms. The highest BCUT2D eigenvalue weighted by Crippen LogP contribution is 2.26. The second-order valence-electron chi connectivity index (χ2n) is 8.20. The number of hydrogen-bond donors (Lipinski definition) is 1. The molecule has 0 radical (unpaired) electrons. The van der Waals surface area contributed by atoms with E-state index in [-0.39, 0.29) is 17.8 Å². The molecule has 160 valence electrons. The Morgan fingerprint density at radius 3 is 3.00 bits per heavy atom. The number of benzene rings is 1. The molecular formula is C23H26ClN6O+. The fourth-order valence-electron chi connectivity index (χ4n) is 4.57. The van der Waals surface area contributed by atoms with Crippen molar-refractivity contribution in [3.63, 3.8) is 0 Å². The Labute approximate surface area is 186 Å². The number of aromatic nitrogens is 1. The number of hydrazine groups is 1. The van der Waals surface area contributed by atoms with E-state index in [4.69, 9.17) is 16.6 Å². The van der Waals surface area contributed by atoms with Gasteiger partial charge in [0.2, 0.25) is 6.21 Å². The summed E-state index contributed by atoms with van der Waals surface area (Å²) in [6.07, 6.45) is 9.74. The van der Waals surface area contributed by atoms with Crippen molar-refractivity contribution < 1.29 is 4.68 Å². The average Bonchev–Trinajstić information content (AvgIpc) is 3.45. The maximum absolute atomic E-state index is 13.5. The zero-order valence-corrected chi connectivity index (χ0v) is 18.3. The van der Waals surface area contributed by atoms with Crippen LogP contribution in [0.1, 0.15) is 31.5 Å². The number of halogens is 1. The SMILES string of the molecule is C[C@H](N=C1C=CN[N+]2=CC=NC12)c1cc2cccc(Cl)c2c(=O)n1CCN1CCCC1. The number of nitrogens with one attached hydrogen (secondary N) is 1. The molecular weight excluding hydrogens is 412 g/mol. The first-order chi connectivity index (χ1) is 15.1. The van der Waals surface area contributed by atoms with E-state index in [0.29, 0.717) is 17.0 Å². The van der Waals surface area contributed by atoms with Crippen molar-refractivity contribution in [1.82, 2.24) is 14.9 Å². The fraction of sp³-hybridized carbons (Fsp3) is 0.391. The summed E-state index contributed by atoms with van der Waals surface area (Å²) < 4.78 is 3.78. The van der Waals surface area contributed by atoms with Gasteiger partial charge in [-0.3, -0.25) is 9.79 Å². The molecule has 1 N–H and O–H groups in total. The molecule has 3 aliphatic heterocycles. The smallest absolute Gasteiger partial charge is 0.309 e. The predicted molar refractivity (Wildman–Crippen MR) is 126 cm³/mol. The quantitative estimate of drug-likeness (QED) is 0.731. The van der Waals surface area contributed by atoms with Gasteiger partial charge in [-0.15, -0.1) is 0 Å². The van der Waals surface area contributed by atoms with E-state index >= 15 is 0 Å². The van der Waals surface area contributed by atoms with E-state index in [2.05, 4.69) is 21.4 Å². The van der Waals surface area contributed by atoms with E-state index < -0.39 is 0 Å². The Balaban J connectivity index is 1.56. The molecule has 1 aromatic carbocycles. The molecule has 0 aliphatic carbocycles. The van der Waals surface area contributed by atoms with Crippen LogP contribution in [-0.2, 0) is 6.54 Å². The van der Waals surface area contributed by atoms with Gasteiger partial charge in [0.15, 0.2) is 0 Å². The third kappa shape index (κ3) is 3.83. The van der Waals surface area contributed by atoms with Crippen LogP contribution >= 0.6 is 11.6 Å². The number of aliphatic imine (C=N–C) groups is 2. The van der Waals surface area contributed by atoms with Crippen molar-refractivity contribution in [1.29, 1.82) is 0 Å². The Hall–Kier alpha value is -2.77. The summed E-state index contributed by atoms with van der Waals surface area (Å²) >= 11 is 6.42. The minimum absolute atomic E-state index is 0.0425. The third-order valence-electron chi connectivity index (χ3n) is 6.19. The highest BCUT2D eigenvalue weighted by Gasteiger charge is 2.31. The minimum Gasteiger partial charge on any atom is -0.309 e. The van der Waals surface area contributed by atoms with Crippen LogP contribution in [0.5, 0.6) is 0 Å². The maximum atomic E-state index is 13.5. The zero-order valence-electron chi connectivity index (χ0n) is 17.5. The van der Waals surface area contributed by atoms with Crippen LogP contribution in [0.3, 0.4) is 0 Å². The molecule has 0 amide bonds. The lowest BCUT2D eigenvalue weighted by atomic mass is 10.1. The molecule has 2 atom stereocenters. The molecule has 0 bridgehead atoms. The van der Waals surface area contributed by atoms with Gasteiger partial charge in [0.05, 0.1) is 28.9 Å². The second kappa shape index (κ2) is 8.40. The van der Waals surface area contributed by atoms with Gasteiger partial charge in [-0.25, -0.2) is 4.99 Å². The van der Waals surface area contributed by atoms with E-state index in [0.717, 1.165) is 36.4 Å². The predicted octanol–water partition coefficient (Wildman–Crippen LogP) is 2.78. The Morgan fingerprint density at radius 2 is 2.16 bits per heavy atom. The van der Waals surface area contributed by atoms with Gasteiger partial charge in [-0.2, -0.15) is 5.43 Å². The van der Waals surface area contributed by atoms with Gasteiger partial charge in [0.1, 0.15) is 5.71 Å². The van der Waals surface area contributed by atoms with Crippen LogP contribution in [0.2, 0.25) is 5.02 Å². The summed E-state index contributed by atoms with van der Waals surface area (Å²) in [5, 5.41) is 1.93. The summed E-state index contributed by atoms with van der Waals surface area (Å²) in [4.78, 5) is 25.4. The first-order valence-corrected chi connectivity index (χ1v) is 11.2. The van der Waals surface area contributed by atoms with E-state index in [1.54, 1.807) is 12.3 Å². The molecule has 7 nitrogen and oxygen atoms in total. The number of pyridine rings is 1. The highest BCUT2D eigenvalue weighted by molar-refractivity contribution is 6.35. The number of likely N-dealkylation sites (tertiary alicyclic amines) is 1.